The Morgan fingerprint density at radius 1 is 1.41 bits per heavy atom. The largest absolute Gasteiger partial charge is 0.497 e. The summed E-state index contributed by atoms with van der Waals surface area (Å²) < 4.78 is 10.7. The van der Waals surface area contributed by atoms with Crippen molar-refractivity contribution in [2.45, 2.75) is 19.6 Å². The van der Waals surface area contributed by atoms with Gasteiger partial charge in [-0.1, -0.05) is 6.07 Å². The van der Waals surface area contributed by atoms with Crippen LogP contribution in [0.25, 0.3) is 0 Å². The number of benzene rings is 1. The minimum absolute atomic E-state index is 0.182. The Balaban J connectivity index is 1.90. The molecule has 0 bridgehead atoms. The molecule has 1 heterocycles. The Kier molecular flexibility index (Phi) is 5.37. The van der Waals surface area contributed by atoms with E-state index < -0.39 is 6.10 Å². The normalized spacial score (nSPS) is 11.8. The van der Waals surface area contributed by atoms with Crippen molar-refractivity contribution in [1.82, 2.24) is 15.5 Å². The molecule has 7 nitrogen and oxygen atoms in total. The first-order chi connectivity index (χ1) is 10.6. The third-order valence-corrected chi connectivity index (χ3v) is 2.86. The number of carbonyl (C=O) groups is 1. The van der Waals surface area contributed by atoms with Crippen LogP contribution in [0.2, 0.25) is 0 Å². The molecule has 2 aromatic rings. The lowest BCUT2D eigenvalue weighted by Gasteiger charge is -2.06. The molecule has 1 aromatic heterocycles. The highest BCUT2D eigenvalue weighted by molar-refractivity contribution is 5.92. The maximum atomic E-state index is 11.8. The van der Waals surface area contributed by atoms with E-state index in [1.54, 1.807) is 26.2 Å². The molecule has 118 valence electrons. The van der Waals surface area contributed by atoms with Gasteiger partial charge in [-0.15, -0.1) is 0 Å². The second-order valence-corrected chi connectivity index (χ2v) is 4.81. The predicted octanol–water partition coefficient (Wildman–Crippen LogP) is 1.11. The number of ether oxygens (including phenoxy) is 2. The molecule has 1 atom stereocenters. The van der Waals surface area contributed by atoms with E-state index in [0.717, 1.165) is 0 Å². The number of carbonyl (C=O) groups excluding carboxylic acids is 1. The van der Waals surface area contributed by atoms with Crippen molar-refractivity contribution in [3.8, 4) is 11.5 Å². The molecule has 0 aliphatic carbocycles. The Morgan fingerprint density at radius 2 is 2.18 bits per heavy atom. The molecule has 0 saturated carbocycles. The third kappa shape index (κ3) is 4.49. The number of nitrogens with zero attached hydrogens (tertiary/aromatic N) is 1. The van der Waals surface area contributed by atoms with Crippen molar-refractivity contribution in [1.29, 1.82) is 0 Å². The van der Waals surface area contributed by atoms with Gasteiger partial charge in [0.15, 0.2) is 0 Å². The van der Waals surface area contributed by atoms with Gasteiger partial charge in [-0.3, -0.25) is 9.89 Å². The van der Waals surface area contributed by atoms with Gasteiger partial charge in [-0.2, -0.15) is 5.10 Å². The van der Waals surface area contributed by atoms with E-state index in [-0.39, 0.29) is 24.8 Å². The van der Waals surface area contributed by atoms with Crippen LogP contribution in [0, 0.1) is 0 Å². The number of hydrogen-bond donors (Lipinski definition) is 3. The lowest BCUT2D eigenvalue weighted by molar-refractivity contribution is 0.0919. The highest BCUT2D eigenvalue weighted by Gasteiger charge is 2.11. The second-order valence-electron chi connectivity index (χ2n) is 4.81. The summed E-state index contributed by atoms with van der Waals surface area (Å²) in [5.74, 6) is 1.03. The van der Waals surface area contributed by atoms with Crippen LogP contribution >= 0.6 is 0 Å². The number of aromatic amines is 1. The molecule has 2 rings (SSSR count). The van der Waals surface area contributed by atoms with Gasteiger partial charge in [0.2, 0.25) is 0 Å². The van der Waals surface area contributed by atoms with Crippen LogP contribution in [0.3, 0.4) is 0 Å². The minimum Gasteiger partial charge on any atom is -0.497 e. The van der Waals surface area contributed by atoms with Gasteiger partial charge >= 0.3 is 0 Å². The summed E-state index contributed by atoms with van der Waals surface area (Å²) in [4.78, 5) is 11.8. The Bertz CT molecular complexity index is 625. The van der Waals surface area contributed by atoms with Crippen molar-refractivity contribution in [3.05, 3.63) is 41.7 Å². The maximum absolute atomic E-state index is 11.8. The van der Waals surface area contributed by atoms with Gasteiger partial charge < -0.3 is 19.9 Å². The van der Waals surface area contributed by atoms with Gasteiger partial charge in [-0.05, 0) is 25.1 Å². The van der Waals surface area contributed by atoms with Gasteiger partial charge in [-0.25, -0.2) is 0 Å². The minimum atomic E-state index is -0.598. The molecular weight excluding hydrogens is 286 g/mol. The predicted molar refractivity (Wildman–Crippen MR) is 79.9 cm³/mol. The van der Waals surface area contributed by atoms with Crippen LogP contribution in [-0.2, 0) is 6.61 Å². The lowest BCUT2D eigenvalue weighted by atomic mass is 10.3. The molecule has 0 radical (unpaired) electrons. The summed E-state index contributed by atoms with van der Waals surface area (Å²) in [6.45, 7) is 2.03. The third-order valence-electron chi connectivity index (χ3n) is 2.86. The summed E-state index contributed by atoms with van der Waals surface area (Å²) in [7, 11) is 1.59. The van der Waals surface area contributed by atoms with Crippen molar-refractivity contribution < 1.29 is 19.4 Å². The zero-order valence-electron chi connectivity index (χ0n) is 12.5. The van der Waals surface area contributed by atoms with Crippen LogP contribution in [0.15, 0.2) is 30.3 Å². The quantitative estimate of drug-likeness (QED) is 0.712. The van der Waals surface area contributed by atoms with E-state index in [9.17, 15) is 4.79 Å². The fourth-order valence-corrected chi connectivity index (χ4v) is 1.73. The number of amides is 1. The molecule has 0 saturated heterocycles. The van der Waals surface area contributed by atoms with E-state index in [1.807, 2.05) is 18.2 Å². The molecule has 1 aromatic carbocycles. The molecule has 7 heteroatoms. The van der Waals surface area contributed by atoms with E-state index in [1.165, 1.54) is 0 Å². The highest BCUT2D eigenvalue weighted by atomic mass is 16.5. The van der Waals surface area contributed by atoms with Crippen LogP contribution < -0.4 is 14.8 Å². The summed E-state index contributed by atoms with van der Waals surface area (Å²) in [5, 5.41) is 18.4. The van der Waals surface area contributed by atoms with E-state index in [4.69, 9.17) is 14.6 Å². The number of H-pyrrole nitrogens is 1. The Hall–Kier alpha value is -2.54. The summed E-state index contributed by atoms with van der Waals surface area (Å²) in [6, 6.07) is 8.85. The average Bonchev–Trinajstić information content (AvgIpc) is 3.00. The number of aliphatic hydroxyl groups is 1. The number of aromatic nitrogens is 2. The number of aliphatic hydroxyl groups excluding tert-OH is 1. The molecule has 0 aliphatic heterocycles. The van der Waals surface area contributed by atoms with Gasteiger partial charge in [0.05, 0.1) is 18.9 Å². The topological polar surface area (TPSA) is 96.5 Å². The number of nitrogens with one attached hydrogen (secondary N) is 2. The average molecular weight is 305 g/mol. The fourth-order valence-electron chi connectivity index (χ4n) is 1.73. The second kappa shape index (κ2) is 7.46. The van der Waals surface area contributed by atoms with E-state index in [0.29, 0.717) is 17.2 Å². The first kappa shape index (κ1) is 15.8. The van der Waals surface area contributed by atoms with Crippen LogP contribution in [0.5, 0.6) is 11.5 Å². The molecule has 0 unspecified atom stereocenters. The standard InChI is InChI=1S/C15H19N3O4/c1-10(19)8-16-15(20)14-6-11(17-18-14)9-22-13-5-3-4-12(7-13)21-2/h3-7,10,19H,8-9H2,1-2H3,(H,16,20)(H,17,18)/t10-/m0/s1. The number of rotatable bonds is 7. The first-order valence-corrected chi connectivity index (χ1v) is 6.86. The monoisotopic (exact) mass is 305 g/mol. The molecule has 3 N–H and O–H groups in total. The van der Waals surface area contributed by atoms with Crippen molar-refractivity contribution >= 4 is 5.91 Å². The summed E-state index contributed by atoms with van der Waals surface area (Å²) >= 11 is 0. The summed E-state index contributed by atoms with van der Waals surface area (Å²) in [5.41, 5.74) is 0.926. The summed E-state index contributed by atoms with van der Waals surface area (Å²) in [6.07, 6.45) is -0.598. The van der Waals surface area contributed by atoms with E-state index >= 15 is 0 Å². The van der Waals surface area contributed by atoms with Crippen LogP contribution in [0.4, 0.5) is 0 Å². The van der Waals surface area contributed by atoms with Gasteiger partial charge in [0, 0.05) is 12.6 Å². The SMILES string of the molecule is COc1cccc(OCc2cc(C(=O)NC[C@H](C)O)n[nH]2)c1. The molecule has 22 heavy (non-hydrogen) atoms. The smallest absolute Gasteiger partial charge is 0.271 e. The van der Waals surface area contributed by atoms with Crippen molar-refractivity contribution in [3.63, 3.8) is 0 Å². The molecule has 0 aliphatic rings. The Morgan fingerprint density at radius 3 is 2.91 bits per heavy atom. The molecule has 0 fully saturated rings. The van der Waals surface area contributed by atoms with E-state index in [2.05, 4.69) is 15.5 Å². The highest BCUT2D eigenvalue weighted by Crippen LogP contribution is 2.19. The lowest BCUT2D eigenvalue weighted by Crippen LogP contribution is -2.30. The number of methoxy groups -OCH3 is 1. The van der Waals surface area contributed by atoms with Crippen LogP contribution in [0.1, 0.15) is 23.1 Å². The van der Waals surface area contributed by atoms with Gasteiger partial charge in [0.1, 0.15) is 23.8 Å². The maximum Gasteiger partial charge on any atom is 0.271 e. The first-order valence-electron chi connectivity index (χ1n) is 6.86. The van der Waals surface area contributed by atoms with Crippen LogP contribution in [-0.4, -0.2) is 41.0 Å². The van der Waals surface area contributed by atoms with Gasteiger partial charge in [0.25, 0.3) is 5.91 Å². The molecule has 1 amide bonds. The van der Waals surface area contributed by atoms with Crippen molar-refractivity contribution in [2.24, 2.45) is 0 Å². The number of hydrogen-bond acceptors (Lipinski definition) is 5. The molecule has 0 spiro atoms. The molecular formula is C15H19N3O4. The van der Waals surface area contributed by atoms with Crippen molar-refractivity contribution in [2.75, 3.05) is 13.7 Å². The zero-order valence-corrected chi connectivity index (χ0v) is 12.5. The Labute approximate surface area is 128 Å². The fraction of sp³-hybridized carbons (Fsp3) is 0.333. The zero-order chi connectivity index (χ0) is 15.9.